The standard InChI is InChI=1S/C19H22ClN3O2/c1-3-21-19(25)23-18(24)17(14-8-5-4-6-9-14)22-13(2)15-10-7-11-16(20)12-15/h4-13,17,22H,3H2,1-2H3,(H2,21,23,24,25)/p+1/t13-,17-/m0/s1. The second-order valence-corrected chi connectivity index (χ2v) is 6.21. The van der Waals surface area contributed by atoms with Crippen LogP contribution in [-0.4, -0.2) is 18.5 Å². The third kappa shape index (κ3) is 5.59. The molecule has 5 nitrogen and oxygen atoms in total. The average molecular weight is 361 g/mol. The topological polar surface area (TPSA) is 74.8 Å². The number of imide groups is 1. The van der Waals surface area contributed by atoms with Gasteiger partial charge in [0, 0.05) is 22.7 Å². The van der Waals surface area contributed by atoms with Crippen LogP contribution in [0, 0.1) is 0 Å². The quantitative estimate of drug-likeness (QED) is 0.740. The first-order chi connectivity index (χ1) is 12.0. The number of urea groups is 1. The van der Waals surface area contributed by atoms with Crippen LogP contribution in [0.4, 0.5) is 4.79 Å². The fraction of sp³-hybridized carbons (Fsp3) is 0.263. The third-order valence-corrected chi connectivity index (χ3v) is 4.11. The predicted molar refractivity (Wildman–Crippen MR) is 98.2 cm³/mol. The molecule has 2 atom stereocenters. The van der Waals surface area contributed by atoms with Crippen molar-refractivity contribution < 1.29 is 14.9 Å². The molecule has 0 bridgehead atoms. The lowest BCUT2D eigenvalue weighted by Gasteiger charge is -2.20. The summed E-state index contributed by atoms with van der Waals surface area (Å²) in [4.78, 5) is 24.3. The van der Waals surface area contributed by atoms with Crippen LogP contribution in [0.5, 0.6) is 0 Å². The zero-order valence-electron chi connectivity index (χ0n) is 14.3. The number of rotatable bonds is 6. The summed E-state index contributed by atoms with van der Waals surface area (Å²) in [6.45, 7) is 4.25. The Morgan fingerprint density at radius 3 is 2.40 bits per heavy atom. The van der Waals surface area contributed by atoms with Gasteiger partial charge in [-0.3, -0.25) is 10.1 Å². The van der Waals surface area contributed by atoms with Gasteiger partial charge in [0.25, 0.3) is 5.91 Å². The molecule has 0 saturated carbocycles. The highest BCUT2D eigenvalue weighted by molar-refractivity contribution is 6.30. The van der Waals surface area contributed by atoms with Crippen molar-refractivity contribution in [2.45, 2.75) is 25.9 Å². The Bertz CT molecular complexity index is 722. The number of carbonyl (C=O) groups excluding carboxylic acids is 2. The zero-order chi connectivity index (χ0) is 18.2. The Morgan fingerprint density at radius 1 is 1.08 bits per heavy atom. The van der Waals surface area contributed by atoms with E-state index in [1.807, 2.05) is 66.8 Å². The van der Waals surface area contributed by atoms with Crippen LogP contribution in [0.1, 0.15) is 37.1 Å². The Kier molecular flexibility index (Phi) is 6.98. The summed E-state index contributed by atoms with van der Waals surface area (Å²) in [5.41, 5.74) is 1.84. The van der Waals surface area contributed by atoms with Crippen molar-refractivity contribution in [3.8, 4) is 0 Å². The number of carbonyl (C=O) groups is 2. The predicted octanol–water partition coefficient (Wildman–Crippen LogP) is 2.55. The molecule has 3 amide bonds. The van der Waals surface area contributed by atoms with E-state index in [1.54, 1.807) is 6.92 Å². The molecule has 0 aliphatic rings. The summed E-state index contributed by atoms with van der Waals surface area (Å²) >= 11 is 6.06. The van der Waals surface area contributed by atoms with Crippen LogP contribution >= 0.6 is 11.6 Å². The van der Waals surface area contributed by atoms with E-state index in [0.717, 1.165) is 11.1 Å². The van der Waals surface area contributed by atoms with Crippen molar-refractivity contribution in [2.24, 2.45) is 0 Å². The molecule has 132 valence electrons. The van der Waals surface area contributed by atoms with E-state index in [-0.39, 0.29) is 11.9 Å². The van der Waals surface area contributed by atoms with Gasteiger partial charge in [0.1, 0.15) is 6.04 Å². The van der Waals surface area contributed by atoms with Crippen molar-refractivity contribution >= 4 is 23.5 Å². The summed E-state index contributed by atoms with van der Waals surface area (Å²) < 4.78 is 0. The fourth-order valence-corrected chi connectivity index (χ4v) is 2.79. The lowest BCUT2D eigenvalue weighted by Crippen LogP contribution is -2.88. The highest BCUT2D eigenvalue weighted by atomic mass is 35.5. The van der Waals surface area contributed by atoms with Gasteiger partial charge in [-0.15, -0.1) is 0 Å². The monoisotopic (exact) mass is 360 g/mol. The molecule has 0 fully saturated rings. The number of amides is 3. The minimum absolute atomic E-state index is 0.0103. The number of nitrogens with one attached hydrogen (secondary N) is 2. The lowest BCUT2D eigenvalue weighted by atomic mass is 10.0. The maximum Gasteiger partial charge on any atom is 0.321 e. The van der Waals surface area contributed by atoms with E-state index in [0.29, 0.717) is 11.6 Å². The maximum atomic E-state index is 12.6. The number of benzene rings is 2. The third-order valence-electron chi connectivity index (χ3n) is 3.87. The molecule has 2 aromatic rings. The minimum Gasteiger partial charge on any atom is -0.338 e. The molecule has 6 heteroatoms. The van der Waals surface area contributed by atoms with Crippen molar-refractivity contribution in [3.63, 3.8) is 0 Å². The SMILES string of the molecule is CCNC(=O)NC(=O)[C@@H]([NH2+][C@@H](C)c1cccc(Cl)c1)c1ccccc1. The molecule has 0 spiro atoms. The number of halogens is 1. The average Bonchev–Trinajstić information content (AvgIpc) is 2.60. The highest BCUT2D eigenvalue weighted by Gasteiger charge is 2.28. The van der Waals surface area contributed by atoms with Gasteiger partial charge < -0.3 is 10.6 Å². The van der Waals surface area contributed by atoms with Crippen molar-refractivity contribution in [3.05, 3.63) is 70.7 Å². The molecule has 2 aromatic carbocycles. The van der Waals surface area contributed by atoms with Gasteiger partial charge in [-0.05, 0) is 26.0 Å². The Morgan fingerprint density at radius 2 is 1.76 bits per heavy atom. The Balaban J connectivity index is 2.20. The molecule has 0 saturated heterocycles. The number of nitrogens with two attached hydrogens (primary N) is 1. The molecular formula is C19H23ClN3O2+. The number of hydrogen-bond donors (Lipinski definition) is 3. The first-order valence-corrected chi connectivity index (χ1v) is 8.63. The molecule has 4 N–H and O–H groups in total. The summed E-state index contributed by atoms with van der Waals surface area (Å²) in [6.07, 6.45) is 0. The van der Waals surface area contributed by atoms with Gasteiger partial charge in [-0.1, -0.05) is 54.1 Å². The van der Waals surface area contributed by atoms with Crippen molar-refractivity contribution in [1.82, 2.24) is 10.6 Å². The van der Waals surface area contributed by atoms with Gasteiger partial charge in [-0.25, -0.2) is 4.79 Å². The Labute approximate surface area is 152 Å². The first kappa shape index (κ1) is 19.0. The lowest BCUT2D eigenvalue weighted by molar-refractivity contribution is -0.719. The summed E-state index contributed by atoms with van der Waals surface area (Å²) in [7, 11) is 0. The van der Waals surface area contributed by atoms with Crippen LogP contribution in [0.25, 0.3) is 0 Å². The van der Waals surface area contributed by atoms with Gasteiger partial charge >= 0.3 is 6.03 Å². The largest absolute Gasteiger partial charge is 0.338 e. The van der Waals surface area contributed by atoms with Gasteiger partial charge in [-0.2, -0.15) is 0 Å². The molecule has 25 heavy (non-hydrogen) atoms. The van der Waals surface area contributed by atoms with E-state index in [1.165, 1.54) is 0 Å². The van der Waals surface area contributed by atoms with E-state index in [4.69, 9.17) is 11.6 Å². The van der Waals surface area contributed by atoms with Crippen LogP contribution < -0.4 is 16.0 Å². The van der Waals surface area contributed by atoms with Gasteiger partial charge in [0.15, 0.2) is 6.04 Å². The molecule has 0 aliphatic carbocycles. The summed E-state index contributed by atoms with van der Waals surface area (Å²) in [5, 5.41) is 7.55. The highest BCUT2D eigenvalue weighted by Crippen LogP contribution is 2.17. The minimum atomic E-state index is -0.544. The molecule has 0 aromatic heterocycles. The summed E-state index contributed by atoms with van der Waals surface area (Å²) in [6, 6.07) is 15.9. The van der Waals surface area contributed by atoms with E-state index in [2.05, 4.69) is 10.6 Å². The molecule has 0 aliphatic heterocycles. The van der Waals surface area contributed by atoms with Gasteiger partial charge in [0.05, 0.1) is 0 Å². The van der Waals surface area contributed by atoms with E-state index in [9.17, 15) is 9.59 Å². The van der Waals surface area contributed by atoms with E-state index < -0.39 is 12.1 Å². The molecular weight excluding hydrogens is 338 g/mol. The molecule has 2 rings (SSSR count). The zero-order valence-corrected chi connectivity index (χ0v) is 15.1. The van der Waals surface area contributed by atoms with Crippen LogP contribution in [0.2, 0.25) is 5.02 Å². The second kappa shape index (κ2) is 9.20. The van der Waals surface area contributed by atoms with Gasteiger partial charge in [0.2, 0.25) is 0 Å². The van der Waals surface area contributed by atoms with Crippen molar-refractivity contribution in [1.29, 1.82) is 0 Å². The Hall–Kier alpha value is -2.37. The fourth-order valence-electron chi connectivity index (χ4n) is 2.59. The maximum absolute atomic E-state index is 12.6. The molecule has 0 heterocycles. The molecule has 0 radical (unpaired) electrons. The number of hydrogen-bond acceptors (Lipinski definition) is 2. The first-order valence-electron chi connectivity index (χ1n) is 8.25. The van der Waals surface area contributed by atoms with Crippen molar-refractivity contribution in [2.75, 3.05) is 6.54 Å². The smallest absolute Gasteiger partial charge is 0.321 e. The van der Waals surface area contributed by atoms with E-state index >= 15 is 0 Å². The van der Waals surface area contributed by atoms with Crippen LogP contribution in [-0.2, 0) is 4.79 Å². The summed E-state index contributed by atoms with van der Waals surface area (Å²) in [5.74, 6) is -0.356. The van der Waals surface area contributed by atoms with Crippen LogP contribution in [0.15, 0.2) is 54.6 Å². The van der Waals surface area contributed by atoms with Crippen LogP contribution in [0.3, 0.4) is 0 Å². The number of quaternary nitrogens is 1. The second-order valence-electron chi connectivity index (χ2n) is 5.77. The molecule has 0 unspecified atom stereocenters. The normalized spacial score (nSPS) is 12.9.